The van der Waals surface area contributed by atoms with Crippen molar-refractivity contribution < 1.29 is 21.7 Å². The molecule has 1 rings (SSSR count). The Morgan fingerprint density at radius 1 is 1.62 bits per heavy atom. The van der Waals surface area contributed by atoms with Crippen LogP contribution in [0.15, 0.2) is 18.7 Å². The fourth-order valence-electron chi connectivity index (χ4n) is 0.469. The predicted molar refractivity (Wildman–Crippen MR) is 25.8 cm³/mol. The number of halogens is 1. The second-order valence-electron chi connectivity index (χ2n) is 1.53. The topological polar surface area (TPSA) is 34.8 Å². The molecule has 0 unspecified atom stereocenters. The standard InChI is InChI=1S/C4H8N3.BrH/c1-6-2-3-7(5)4-6;/h2-4H,5H2,1H3;1H/q+1;/p-1. The highest BCUT2D eigenvalue weighted by atomic mass is 79.9. The van der Waals surface area contributed by atoms with E-state index in [9.17, 15) is 0 Å². The van der Waals surface area contributed by atoms with Gasteiger partial charge < -0.3 is 17.0 Å². The van der Waals surface area contributed by atoms with Crippen LogP contribution >= 0.6 is 0 Å². The van der Waals surface area contributed by atoms with Gasteiger partial charge in [0.05, 0.1) is 7.05 Å². The molecular formula is C4H8BrN3. The minimum Gasteiger partial charge on any atom is -1.00 e. The maximum atomic E-state index is 5.27. The molecule has 0 spiro atoms. The zero-order valence-corrected chi connectivity index (χ0v) is 6.17. The summed E-state index contributed by atoms with van der Waals surface area (Å²) >= 11 is 0. The normalized spacial score (nSPS) is 8.12. The Kier molecular flexibility index (Phi) is 2.54. The number of hydrogen-bond acceptors (Lipinski definition) is 1. The highest BCUT2D eigenvalue weighted by molar-refractivity contribution is 4.61. The molecule has 2 N–H and O–H groups in total. The van der Waals surface area contributed by atoms with E-state index < -0.39 is 0 Å². The lowest BCUT2D eigenvalue weighted by atomic mass is 10.9. The van der Waals surface area contributed by atoms with Gasteiger partial charge in [0.1, 0.15) is 6.20 Å². The number of nitrogens with two attached hydrogens (primary N) is 1. The van der Waals surface area contributed by atoms with Crippen molar-refractivity contribution in [2.45, 2.75) is 0 Å². The molecule has 0 radical (unpaired) electrons. The molecule has 0 atom stereocenters. The van der Waals surface area contributed by atoms with E-state index in [1.165, 1.54) is 4.68 Å². The molecule has 0 bridgehead atoms. The summed E-state index contributed by atoms with van der Waals surface area (Å²) in [7, 11) is 1.92. The molecule has 3 nitrogen and oxygen atoms in total. The van der Waals surface area contributed by atoms with E-state index in [0.29, 0.717) is 0 Å². The first-order valence-electron chi connectivity index (χ1n) is 2.07. The van der Waals surface area contributed by atoms with Crippen molar-refractivity contribution in [3.05, 3.63) is 18.7 Å². The Balaban J connectivity index is 0.000000490. The van der Waals surface area contributed by atoms with Crippen molar-refractivity contribution in [1.29, 1.82) is 0 Å². The van der Waals surface area contributed by atoms with E-state index in [4.69, 9.17) is 5.84 Å². The van der Waals surface area contributed by atoms with Crippen LogP contribution in [0.3, 0.4) is 0 Å². The molecule has 0 aliphatic rings. The number of nitrogens with zero attached hydrogens (tertiary/aromatic N) is 2. The van der Waals surface area contributed by atoms with Crippen molar-refractivity contribution in [2.24, 2.45) is 7.05 Å². The number of aromatic nitrogens is 2. The maximum Gasteiger partial charge on any atom is 0.266 e. The summed E-state index contributed by atoms with van der Waals surface area (Å²) in [6.07, 6.45) is 5.43. The second kappa shape index (κ2) is 2.71. The average Bonchev–Trinajstić information content (AvgIpc) is 1.87. The number of imidazole rings is 1. The van der Waals surface area contributed by atoms with Gasteiger partial charge in [0.25, 0.3) is 6.33 Å². The molecule has 1 aromatic rings. The van der Waals surface area contributed by atoms with Crippen molar-refractivity contribution >= 4 is 0 Å². The summed E-state index contributed by atoms with van der Waals surface area (Å²) in [5, 5.41) is 0. The summed E-state index contributed by atoms with van der Waals surface area (Å²) in [6, 6.07) is 0. The maximum absolute atomic E-state index is 5.27. The van der Waals surface area contributed by atoms with E-state index in [-0.39, 0.29) is 17.0 Å². The van der Waals surface area contributed by atoms with Gasteiger partial charge in [0, 0.05) is 0 Å². The Morgan fingerprint density at radius 3 is 2.38 bits per heavy atom. The number of aryl methyl sites for hydroxylation is 1. The lowest BCUT2D eigenvalue weighted by molar-refractivity contribution is -0.638. The molecule has 0 aliphatic carbocycles. The Bertz CT molecular complexity index is 144. The first-order valence-corrected chi connectivity index (χ1v) is 2.07. The Labute approximate surface area is 58.5 Å². The molecule has 0 saturated heterocycles. The molecule has 0 aliphatic heterocycles. The van der Waals surface area contributed by atoms with E-state index >= 15 is 0 Å². The zero-order chi connectivity index (χ0) is 5.28. The van der Waals surface area contributed by atoms with Gasteiger partial charge in [-0.25, -0.2) is 4.57 Å². The third kappa shape index (κ3) is 1.54. The Hall–Kier alpha value is -0.510. The van der Waals surface area contributed by atoms with Crippen LogP contribution in [-0.4, -0.2) is 4.57 Å². The summed E-state index contributed by atoms with van der Waals surface area (Å²) in [5.41, 5.74) is 0. The molecule has 0 amide bonds. The van der Waals surface area contributed by atoms with Gasteiger partial charge in [-0.3, -0.25) is 5.84 Å². The summed E-state index contributed by atoms with van der Waals surface area (Å²) in [5.74, 6) is 5.27. The molecule has 0 saturated carbocycles. The average molecular weight is 178 g/mol. The smallest absolute Gasteiger partial charge is 0.266 e. The molecular weight excluding hydrogens is 170 g/mol. The summed E-state index contributed by atoms with van der Waals surface area (Å²) < 4.78 is 3.38. The van der Waals surface area contributed by atoms with Gasteiger partial charge in [0.2, 0.25) is 0 Å². The molecule has 0 fully saturated rings. The zero-order valence-electron chi connectivity index (χ0n) is 4.58. The largest absolute Gasteiger partial charge is 1.00 e. The molecule has 46 valence electrons. The predicted octanol–water partition coefficient (Wildman–Crippen LogP) is -3.97. The third-order valence-electron chi connectivity index (χ3n) is 0.789. The molecule has 4 heteroatoms. The van der Waals surface area contributed by atoms with Crippen LogP contribution < -0.4 is 27.5 Å². The van der Waals surface area contributed by atoms with Gasteiger partial charge in [-0.05, 0) is 0 Å². The van der Waals surface area contributed by atoms with Crippen molar-refractivity contribution in [2.75, 3.05) is 5.84 Å². The first kappa shape index (κ1) is 7.49. The highest BCUT2D eigenvalue weighted by Gasteiger charge is 1.88. The van der Waals surface area contributed by atoms with Crippen molar-refractivity contribution in [1.82, 2.24) is 4.57 Å². The van der Waals surface area contributed by atoms with Crippen LogP contribution in [0.4, 0.5) is 0 Å². The fourth-order valence-corrected chi connectivity index (χ4v) is 0.469. The van der Waals surface area contributed by atoms with Crippen LogP contribution in [0.5, 0.6) is 0 Å². The Morgan fingerprint density at radius 2 is 2.25 bits per heavy atom. The van der Waals surface area contributed by atoms with E-state index in [1.807, 2.05) is 17.8 Å². The quantitative estimate of drug-likeness (QED) is 0.319. The minimum absolute atomic E-state index is 0. The van der Waals surface area contributed by atoms with Gasteiger partial charge in [0.15, 0.2) is 6.20 Å². The van der Waals surface area contributed by atoms with Crippen LogP contribution in [-0.2, 0) is 7.05 Å². The SMILES string of the molecule is Cn1cc[n+](N)c1.[Br-]. The molecule has 1 aromatic heterocycles. The lowest BCUT2D eigenvalue weighted by Gasteiger charge is -1.73. The fraction of sp³-hybridized carbons (Fsp3) is 0.250. The van der Waals surface area contributed by atoms with Crippen molar-refractivity contribution in [3.63, 3.8) is 0 Å². The first-order chi connectivity index (χ1) is 3.29. The van der Waals surface area contributed by atoms with Crippen LogP contribution in [0, 0.1) is 0 Å². The highest BCUT2D eigenvalue weighted by Crippen LogP contribution is 1.69. The minimum atomic E-state index is 0. The number of hydrogen-bond donors (Lipinski definition) is 1. The second-order valence-corrected chi connectivity index (χ2v) is 1.53. The molecule has 1 heterocycles. The van der Waals surface area contributed by atoms with Gasteiger partial charge in [-0.2, -0.15) is 0 Å². The number of rotatable bonds is 0. The van der Waals surface area contributed by atoms with E-state index in [2.05, 4.69) is 0 Å². The molecule has 8 heavy (non-hydrogen) atoms. The van der Waals surface area contributed by atoms with E-state index in [0.717, 1.165) is 0 Å². The number of nitrogen functional groups attached to an aromatic ring is 1. The lowest BCUT2D eigenvalue weighted by Crippen LogP contribution is -3.00. The van der Waals surface area contributed by atoms with Gasteiger partial charge in [-0.15, -0.1) is 4.68 Å². The van der Waals surface area contributed by atoms with Crippen LogP contribution in [0.25, 0.3) is 0 Å². The summed E-state index contributed by atoms with van der Waals surface area (Å²) in [6.45, 7) is 0. The van der Waals surface area contributed by atoms with Crippen molar-refractivity contribution in [3.8, 4) is 0 Å². The van der Waals surface area contributed by atoms with Crippen LogP contribution in [0.2, 0.25) is 0 Å². The van der Waals surface area contributed by atoms with E-state index in [1.54, 1.807) is 12.5 Å². The monoisotopic (exact) mass is 177 g/mol. The molecule has 0 aromatic carbocycles. The van der Waals surface area contributed by atoms with Crippen LogP contribution in [0.1, 0.15) is 0 Å². The van der Waals surface area contributed by atoms with Gasteiger partial charge >= 0.3 is 0 Å². The third-order valence-corrected chi connectivity index (χ3v) is 0.789. The summed E-state index contributed by atoms with van der Waals surface area (Å²) in [4.78, 5) is 0. The van der Waals surface area contributed by atoms with Gasteiger partial charge in [-0.1, -0.05) is 0 Å².